The van der Waals surface area contributed by atoms with Gasteiger partial charge in [0, 0.05) is 12.1 Å². The largest absolute Gasteiger partial charge is 0.307 e. The molecule has 0 spiro atoms. The zero-order valence-electron chi connectivity index (χ0n) is 10.7. The summed E-state index contributed by atoms with van der Waals surface area (Å²) in [6.07, 6.45) is 7.43. The van der Waals surface area contributed by atoms with Gasteiger partial charge in [-0.1, -0.05) is 36.4 Å². The van der Waals surface area contributed by atoms with Gasteiger partial charge in [0.25, 0.3) is 0 Å². The zero-order valence-corrected chi connectivity index (χ0v) is 10.7. The van der Waals surface area contributed by atoms with Crippen LogP contribution in [0.15, 0.2) is 36.4 Å². The second kappa shape index (κ2) is 4.30. The molecule has 0 radical (unpaired) electrons. The van der Waals surface area contributed by atoms with Gasteiger partial charge >= 0.3 is 0 Å². The Morgan fingerprint density at radius 2 is 2.12 bits per heavy atom. The summed E-state index contributed by atoms with van der Waals surface area (Å²) in [6, 6.07) is 9.87. The molecule has 2 aliphatic carbocycles. The van der Waals surface area contributed by atoms with Crippen LogP contribution in [0.2, 0.25) is 0 Å². The van der Waals surface area contributed by atoms with Crippen LogP contribution in [0.4, 0.5) is 0 Å². The van der Waals surface area contributed by atoms with E-state index in [-0.39, 0.29) is 0 Å². The summed E-state index contributed by atoms with van der Waals surface area (Å²) in [4.78, 5) is 0. The van der Waals surface area contributed by atoms with E-state index in [1.165, 1.54) is 24.0 Å². The number of nitrogens with one attached hydrogen (secondary N) is 1. The highest BCUT2D eigenvalue weighted by Gasteiger charge is 2.41. The van der Waals surface area contributed by atoms with Gasteiger partial charge < -0.3 is 5.32 Å². The second-order valence-corrected chi connectivity index (χ2v) is 5.59. The van der Waals surface area contributed by atoms with Crippen LogP contribution in [-0.4, -0.2) is 6.04 Å². The van der Waals surface area contributed by atoms with Crippen molar-refractivity contribution in [1.82, 2.24) is 5.32 Å². The van der Waals surface area contributed by atoms with Crippen molar-refractivity contribution in [3.8, 4) is 0 Å². The maximum Gasteiger partial charge on any atom is 0.0297 e. The van der Waals surface area contributed by atoms with E-state index >= 15 is 0 Å². The summed E-state index contributed by atoms with van der Waals surface area (Å²) in [5, 5.41) is 3.79. The maximum atomic E-state index is 3.79. The molecule has 3 rings (SSSR count). The molecule has 17 heavy (non-hydrogen) atoms. The zero-order chi connectivity index (χ0) is 11.8. The van der Waals surface area contributed by atoms with Crippen LogP contribution in [0.1, 0.15) is 36.9 Å². The maximum absolute atomic E-state index is 3.79. The Kier molecular flexibility index (Phi) is 2.79. The third-order valence-electron chi connectivity index (χ3n) is 4.48. The highest BCUT2D eigenvalue weighted by atomic mass is 15.0. The van der Waals surface area contributed by atoms with E-state index in [4.69, 9.17) is 0 Å². The number of rotatable bonds is 3. The van der Waals surface area contributed by atoms with Gasteiger partial charge in [-0.05, 0) is 49.7 Å². The number of hydrogen-bond acceptors (Lipinski definition) is 1. The molecule has 3 unspecified atom stereocenters. The Labute approximate surface area is 104 Å². The summed E-state index contributed by atoms with van der Waals surface area (Å²) < 4.78 is 0. The highest BCUT2D eigenvalue weighted by Crippen LogP contribution is 2.43. The average Bonchev–Trinajstić information content (AvgIpc) is 2.68. The van der Waals surface area contributed by atoms with Crippen LogP contribution < -0.4 is 5.32 Å². The van der Waals surface area contributed by atoms with Crippen LogP contribution >= 0.6 is 0 Å². The van der Waals surface area contributed by atoms with E-state index in [1.54, 1.807) is 0 Å². The number of benzene rings is 1. The van der Waals surface area contributed by atoms with Crippen molar-refractivity contribution < 1.29 is 0 Å². The van der Waals surface area contributed by atoms with Crippen LogP contribution in [0.3, 0.4) is 0 Å². The molecule has 1 heteroatoms. The molecule has 0 bridgehead atoms. The Morgan fingerprint density at radius 3 is 2.88 bits per heavy atom. The van der Waals surface area contributed by atoms with Gasteiger partial charge in [0.15, 0.2) is 0 Å². The van der Waals surface area contributed by atoms with Gasteiger partial charge in [-0.25, -0.2) is 0 Å². The van der Waals surface area contributed by atoms with Gasteiger partial charge in [0.1, 0.15) is 0 Å². The molecular weight excluding hydrogens is 206 g/mol. The molecule has 1 nitrogen and oxygen atoms in total. The van der Waals surface area contributed by atoms with Crippen LogP contribution in [0, 0.1) is 18.8 Å². The molecule has 0 aliphatic heterocycles. The van der Waals surface area contributed by atoms with Gasteiger partial charge in [-0.3, -0.25) is 0 Å². The number of aryl methyl sites for hydroxylation is 1. The number of allylic oxidation sites excluding steroid dienone is 1. The molecule has 0 saturated heterocycles. The fraction of sp³-hybridized carbons (Fsp3) is 0.500. The monoisotopic (exact) mass is 227 g/mol. The SMILES string of the molecule is Cc1ccccc1[C@@H](C)NC1CC2CC=CC21. The molecule has 1 N–H and O–H groups in total. The van der Waals surface area contributed by atoms with E-state index in [9.17, 15) is 0 Å². The van der Waals surface area contributed by atoms with E-state index in [2.05, 4.69) is 55.6 Å². The molecule has 90 valence electrons. The van der Waals surface area contributed by atoms with Gasteiger partial charge in [-0.2, -0.15) is 0 Å². The van der Waals surface area contributed by atoms with E-state index < -0.39 is 0 Å². The van der Waals surface area contributed by atoms with E-state index in [0.29, 0.717) is 12.1 Å². The number of fused-ring (bicyclic) bond motifs is 1. The molecule has 1 saturated carbocycles. The van der Waals surface area contributed by atoms with Crippen LogP contribution in [0.25, 0.3) is 0 Å². The van der Waals surface area contributed by atoms with Gasteiger partial charge in [0.05, 0.1) is 0 Å². The van der Waals surface area contributed by atoms with Crippen molar-refractivity contribution >= 4 is 0 Å². The van der Waals surface area contributed by atoms with Crippen molar-refractivity contribution in [2.45, 2.75) is 38.8 Å². The third kappa shape index (κ3) is 1.93. The van der Waals surface area contributed by atoms with Gasteiger partial charge in [0.2, 0.25) is 0 Å². The van der Waals surface area contributed by atoms with E-state index in [1.807, 2.05) is 0 Å². The minimum absolute atomic E-state index is 0.469. The fourth-order valence-corrected chi connectivity index (χ4v) is 3.39. The predicted molar refractivity (Wildman–Crippen MR) is 71.9 cm³/mol. The molecule has 4 atom stereocenters. The molecule has 1 aromatic rings. The van der Waals surface area contributed by atoms with E-state index in [0.717, 1.165) is 11.8 Å². The second-order valence-electron chi connectivity index (χ2n) is 5.59. The Bertz CT molecular complexity index is 435. The lowest BCUT2D eigenvalue weighted by Crippen LogP contribution is -2.48. The first-order chi connectivity index (χ1) is 8.25. The first-order valence-electron chi connectivity index (χ1n) is 6.74. The third-order valence-corrected chi connectivity index (χ3v) is 4.48. The standard InChI is InChI=1S/C16H21N/c1-11-6-3-4-8-14(11)12(2)17-16-10-13-7-5-9-15(13)16/h3-6,8-9,12-13,15-17H,7,10H2,1-2H3/t12-,13?,15?,16?/m1/s1. The lowest BCUT2D eigenvalue weighted by molar-refractivity contribution is 0.152. The fourth-order valence-electron chi connectivity index (χ4n) is 3.39. The average molecular weight is 227 g/mol. The highest BCUT2D eigenvalue weighted by molar-refractivity contribution is 5.28. The molecule has 1 fully saturated rings. The molecule has 0 amide bonds. The first kappa shape index (κ1) is 11.0. The smallest absolute Gasteiger partial charge is 0.0297 e. The lowest BCUT2D eigenvalue weighted by Gasteiger charge is -2.42. The minimum atomic E-state index is 0.469. The lowest BCUT2D eigenvalue weighted by atomic mass is 9.71. The summed E-state index contributed by atoms with van der Waals surface area (Å²) in [5.74, 6) is 1.75. The first-order valence-corrected chi connectivity index (χ1v) is 6.74. The summed E-state index contributed by atoms with van der Waals surface area (Å²) in [5.41, 5.74) is 2.84. The molecule has 1 aromatic carbocycles. The Morgan fingerprint density at radius 1 is 1.29 bits per heavy atom. The summed E-state index contributed by atoms with van der Waals surface area (Å²) in [6.45, 7) is 4.49. The predicted octanol–water partition coefficient (Wildman–Crippen LogP) is 3.61. The van der Waals surface area contributed by atoms with Crippen LogP contribution in [-0.2, 0) is 0 Å². The topological polar surface area (TPSA) is 12.0 Å². The Hall–Kier alpha value is -1.08. The van der Waals surface area contributed by atoms with Crippen molar-refractivity contribution in [1.29, 1.82) is 0 Å². The molecule has 0 heterocycles. The summed E-state index contributed by atoms with van der Waals surface area (Å²) in [7, 11) is 0. The van der Waals surface area contributed by atoms with Crippen molar-refractivity contribution in [2.24, 2.45) is 11.8 Å². The van der Waals surface area contributed by atoms with Crippen LogP contribution in [0.5, 0.6) is 0 Å². The Balaban J connectivity index is 1.66. The van der Waals surface area contributed by atoms with Crippen molar-refractivity contribution in [3.63, 3.8) is 0 Å². The quantitative estimate of drug-likeness (QED) is 0.778. The van der Waals surface area contributed by atoms with Crippen molar-refractivity contribution in [2.75, 3.05) is 0 Å². The molecule has 0 aromatic heterocycles. The minimum Gasteiger partial charge on any atom is -0.307 e. The number of hydrogen-bond donors (Lipinski definition) is 1. The summed E-state index contributed by atoms with van der Waals surface area (Å²) >= 11 is 0. The van der Waals surface area contributed by atoms with Crippen molar-refractivity contribution in [3.05, 3.63) is 47.5 Å². The van der Waals surface area contributed by atoms with Gasteiger partial charge in [-0.15, -0.1) is 0 Å². The molecular formula is C16H21N. The molecule has 2 aliphatic rings. The normalized spacial score (nSPS) is 32.0.